The van der Waals surface area contributed by atoms with E-state index in [2.05, 4.69) is 11.2 Å². The van der Waals surface area contributed by atoms with Crippen molar-refractivity contribution in [2.75, 3.05) is 13.1 Å². The molecule has 2 aromatic carbocycles. The second-order valence-corrected chi connectivity index (χ2v) is 7.51. The van der Waals surface area contributed by atoms with Gasteiger partial charge in [0.2, 0.25) is 0 Å². The monoisotopic (exact) mass is 420 g/mol. The average Bonchev–Trinajstić information content (AvgIpc) is 2.74. The largest absolute Gasteiger partial charge is 0.397 e. The summed E-state index contributed by atoms with van der Waals surface area (Å²) in [5.41, 5.74) is 20.4. The van der Waals surface area contributed by atoms with Crippen LogP contribution in [-0.4, -0.2) is 35.8 Å². The van der Waals surface area contributed by atoms with Gasteiger partial charge < -0.3 is 22.1 Å². The molecule has 31 heavy (non-hydrogen) atoms. The molecular formula is C23H25FN6O. The van der Waals surface area contributed by atoms with Crippen LogP contribution in [0.5, 0.6) is 0 Å². The van der Waals surface area contributed by atoms with Crippen LogP contribution in [0.2, 0.25) is 0 Å². The van der Waals surface area contributed by atoms with Crippen molar-refractivity contribution in [1.82, 2.24) is 4.90 Å². The number of nitriles is 1. The third kappa shape index (κ3) is 5.60. The Kier molecular flexibility index (Phi) is 6.88. The van der Waals surface area contributed by atoms with E-state index in [1.54, 1.807) is 23.1 Å². The summed E-state index contributed by atoms with van der Waals surface area (Å²) in [5, 5.41) is 9.08. The molecule has 6 N–H and O–H groups in total. The second-order valence-electron chi connectivity index (χ2n) is 7.51. The summed E-state index contributed by atoms with van der Waals surface area (Å²) in [5.74, 6) is -1.08. The van der Waals surface area contributed by atoms with Gasteiger partial charge in [-0.1, -0.05) is 36.4 Å². The fourth-order valence-electron chi connectivity index (χ4n) is 3.64. The summed E-state index contributed by atoms with van der Waals surface area (Å²) in [6, 6.07) is 13.4. The molecule has 1 amide bonds. The Bertz CT molecular complexity index is 1050. The first kappa shape index (κ1) is 21.8. The fraction of sp³-hybridized carbons (Fsp3) is 0.261. The molecule has 1 aliphatic rings. The number of carbonyl (C=O) groups excluding carboxylic acids is 1. The van der Waals surface area contributed by atoms with E-state index >= 15 is 0 Å². The van der Waals surface area contributed by atoms with Gasteiger partial charge in [0.25, 0.3) is 5.91 Å². The van der Waals surface area contributed by atoms with Crippen molar-refractivity contribution in [3.63, 3.8) is 0 Å². The topological polar surface area (TPSA) is 135 Å². The number of piperidine rings is 1. The van der Waals surface area contributed by atoms with Crippen LogP contribution in [0.1, 0.15) is 29.5 Å². The number of rotatable bonds is 6. The van der Waals surface area contributed by atoms with Gasteiger partial charge in [0.15, 0.2) is 6.19 Å². The van der Waals surface area contributed by atoms with Crippen molar-refractivity contribution in [2.45, 2.75) is 25.3 Å². The van der Waals surface area contributed by atoms with Gasteiger partial charge >= 0.3 is 0 Å². The maximum absolute atomic E-state index is 13.4. The molecule has 2 aromatic rings. The molecule has 0 spiro atoms. The molecular weight excluding hydrogens is 395 g/mol. The van der Waals surface area contributed by atoms with Crippen molar-refractivity contribution in [1.29, 1.82) is 5.26 Å². The first-order valence-corrected chi connectivity index (χ1v) is 9.99. The molecule has 0 saturated carbocycles. The zero-order chi connectivity index (χ0) is 22.4. The first-order valence-electron chi connectivity index (χ1n) is 9.99. The van der Waals surface area contributed by atoms with Crippen molar-refractivity contribution in [3.8, 4) is 6.19 Å². The number of likely N-dealkylation sites (tertiary alicyclic amines) is 1. The summed E-state index contributed by atoms with van der Waals surface area (Å²) in [6.45, 7) is 1.13. The van der Waals surface area contributed by atoms with Crippen LogP contribution in [0.4, 0.5) is 4.39 Å². The zero-order valence-electron chi connectivity index (χ0n) is 17.1. The van der Waals surface area contributed by atoms with Gasteiger partial charge in [-0.05, 0) is 48.1 Å². The number of benzene rings is 2. The highest BCUT2D eigenvalue weighted by Gasteiger charge is 2.22. The predicted molar refractivity (Wildman–Crippen MR) is 118 cm³/mol. The number of carbonyl (C=O) groups is 1. The van der Waals surface area contributed by atoms with E-state index in [0.29, 0.717) is 25.1 Å². The Hall–Kier alpha value is -3.86. The second kappa shape index (κ2) is 9.76. The molecule has 1 heterocycles. The first-order chi connectivity index (χ1) is 14.9. The maximum atomic E-state index is 13.4. The number of hydrogen-bond donors (Lipinski definition) is 3. The van der Waals surface area contributed by atoms with E-state index in [1.807, 2.05) is 18.2 Å². The molecule has 1 fully saturated rings. The van der Waals surface area contributed by atoms with Gasteiger partial charge in [0, 0.05) is 6.54 Å². The quantitative estimate of drug-likeness (QED) is 0.284. The fourth-order valence-corrected chi connectivity index (χ4v) is 3.64. The molecule has 160 valence electrons. The minimum atomic E-state index is -0.768. The highest BCUT2D eigenvalue weighted by molar-refractivity contribution is 6.24. The number of aliphatic imine (C=N–C) groups is 1. The molecule has 8 heteroatoms. The summed E-state index contributed by atoms with van der Waals surface area (Å²) in [4.78, 5) is 18.1. The zero-order valence-corrected chi connectivity index (χ0v) is 17.1. The standard InChI is InChI=1S/C23H25FN6O/c24-18-4-1-3-16(12-18)11-15-6-8-17(9-7-15)21(26)20(23(28)31)22(27)29-19-5-2-10-30(13-19)14-25/h1,3-4,6-9,12,19H,2,5,10-11,13,26H2,(H2,27,29)(H2,28,31). The number of amidine groups is 1. The van der Waals surface area contributed by atoms with Gasteiger partial charge in [0.1, 0.15) is 17.2 Å². The number of nitrogens with zero attached hydrogens (tertiary/aromatic N) is 3. The van der Waals surface area contributed by atoms with Crippen LogP contribution >= 0.6 is 0 Å². The molecule has 0 bridgehead atoms. The van der Waals surface area contributed by atoms with Crippen LogP contribution in [0, 0.1) is 17.3 Å². The average molecular weight is 420 g/mol. The van der Waals surface area contributed by atoms with Crippen LogP contribution in [-0.2, 0) is 11.2 Å². The molecule has 1 saturated heterocycles. The molecule has 7 nitrogen and oxygen atoms in total. The Morgan fingerprint density at radius 1 is 1.16 bits per heavy atom. The minimum absolute atomic E-state index is 0.0290. The number of amides is 1. The van der Waals surface area contributed by atoms with E-state index in [0.717, 1.165) is 24.0 Å². The number of hydrogen-bond acceptors (Lipinski definition) is 5. The molecule has 0 aromatic heterocycles. The van der Waals surface area contributed by atoms with E-state index in [9.17, 15) is 9.18 Å². The summed E-state index contributed by atoms with van der Waals surface area (Å²) in [7, 11) is 0. The normalized spacial score (nSPS) is 17.6. The number of primary amides is 1. The Morgan fingerprint density at radius 3 is 2.55 bits per heavy atom. The smallest absolute Gasteiger partial charge is 0.254 e. The van der Waals surface area contributed by atoms with Crippen molar-refractivity contribution in [3.05, 3.63) is 76.6 Å². The highest BCUT2D eigenvalue weighted by Crippen LogP contribution is 2.19. The lowest BCUT2D eigenvalue weighted by atomic mass is 10.00. The van der Waals surface area contributed by atoms with Gasteiger partial charge in [-0.2, -0.15) is 5.26 Å². The van der Waals surface area contributed by atoms with Gasteiger partial charge in [-0.15, -0.1) is 0 Å². The van der Waals surface area contributed by atoms with Crippen LogP contribution in [0.25, 0.3) is 5.70 Å². The van der Waals surface area contributed by atoms with Gasteiger partial charge in [-0.25, -0.2) is 4.39 Å². The number of halogens is 1. The molecule has 1 atom stereocenters. The highest BCUT2D eigenvalue weighted by atomic mass is 19.1. The van der Waals surface area contributed by atoms with Crippen LogP contribution in [0.15, 0.2) is 59.1 Å². The lowest BCUT2D eigenvalue weighted by molar-refractivity contribution is -0.114. The molecule has 0 aliphatic carbocycles. The van der Waals surface area contributed by atoms with E-state index < -0.39 is 5.91 Å². The van der Waals surface area contributed by atoms with E-state index in [4.69, 9.17) is 22.5 Å². The van der Waals surface area contributed by atoms with Crippen LogP contribution in [0.3, 0.4) is 0 Å². The predicted octanol–water partition coefficient (Wildman–Crippen LogP) is 1.87. The summed E-state index contributed by atoms with van der Waals surface area (Å²) >= 11 is 0. The van der Waals surface area contributed by atoms with Gasteiger partial charge in [0.05, 0.1) is 18.3 Å². The number of nitrogens with two attached hydrogens (primary N) is 3. The van der Waals surface area contributed by atoms with E-state index in [-0.39, 0.29) is 29.0 Å². The van der Waals surface area contributed by atoms with Crippen molar-refractivity contribution in [2.24, 2.45) is 22.2 Å². The maximum Gasteiger partial charge on any atom is 0.254 e. The molecule has 0 radical (unpaired) electrons. The molecule has 3 rings (SSSR count). The SMILES string of the molecule is N#CN1CCCC(N=C(N)C(C(N)=O)=C(N)c2ccc(Cc3cccc(F)c3)cc2)C1. The van der Waals surface area contributed by atoms with E-state index in [1.165, 1.54) is 12.1 Å². The third-order valence-corrected chi connectivity index (χ3v) is 5.19. The summed E-state index contributed by atoms with van der Waals surface area (Å²) in [6.07, 6.45) is 4.24. The third-order valence-electron chi connectivity index (χ3n) is 5.19. The summed E-state index contributed by atoms with van der Waals surface area (Å²) < 4.78 is 13.4. The Labute approximate surface area is 180 Å². The Balaban J connectivity index is 1.82. The minimum Gasteiger partial charge on any atom is -0.397 e. The lowest BCUT2D eigenvalue weighted by Gasteiger charge is -2.26. The van der Waals surface area contributed by atoms with Crippen molar-refractivity contribution >= 4 is 17.4 Å². The molecule has 1 aliphatic heterocycles. The van der Waals surface area contributed by atoms with Crippen LogP contribution < -0.4 is 17.2 Å². The molecule has 1 unspecified atom stereocenters. The van der Waals surface area contributed by atoms with Crippen molar-refractivity contribution < 1.29 is 9.18 Å². The lowest BCUT2D eigenvalue weighted by Crippen LogP contribution is -2.37. The Morgan fingerprint density at radius 2 is 1.90 bits per heavy atom. The van der Waals surface area contributed by atoms with Gasteiger partial charge in [-0.3, -0.25) is 9.79 Å².